The maximum absolute atomic E-state index is 12.8. The lowest BCUT2D eigenvalue weighted by Crippen LogP contribution is -2.08. The molecule has 0 bridgehead atoms. The van der Waals surface area contributed by atoms with E-state index in [1.165, 1.54) is 35.4 Å². The molecule has 1 nitrogen and oxygen atoms in total. The number of hydrogen-bond donors (Lipinski definition) is 0. The normalized spacial score (nSPS) is 12.8. The molecule has 0 N–H and O–H groups in total. The Hall–Kier alpha value is -1.53. The molecule has 0 atom stereocenters. The number of thioether (sulfide) groups is 1. The Bertz CT molecular complexity index is 859. The number of alkyl halides is 3. The molecule has 0 saturated heterocycles. The van der Waals surface area contributed by atoms with Crippen LogP contribution in [0.25, 0.3) is 21.2 Å². The van der Waals surface area contributed by atoms with Crippen LogP contribution in [0.5, 0.6) is 0 Å². The fourth-order valence-corrected chi connectivity index (χ4v) is 4.24. The Labute approximate surface area is 147 Å². The Morgan fingerprint density at radius 3 is 2.29 bits per heavy atom. The summed E-state index contributed by atoms with van der Waals surface area (Å²) in [5.74, 6) is 0. The second-order valence-corrected chi connectivity index (χ2v) is 8.24. The van der Waals surface area contributed by atoms with Crippen LogP contribution in [0.4, 0.5) is 13.2 Å². The maximum atomic E-state index is 12.8. The molecule has 3 rings (SSSR count). The lowest BCUT2D eigenvalue weighted by molar-refractivity contribution is -0.137. The first-order valence-corrected chi connectivity index (χ1v) is 8.69. The van der Waals surface area contributed by atoms with E-state index >= 15 is 0 Å². The number of nitrogens with zero attached hydrogens (tertiary/aromatic N) is 1. The number of benzene rings is 2. The monoisotopic (exact) mass is 365 g/mol. The molecule has 0 amide bonds. The summed E-state index contributed by atoms with van der Waals surface area (Å²) in [6.45, 7) is 9.90. The third-order valence-corrected chi connectivity index (χ3v) is 5.23. The zero-order valence-electron chi connectivity index (χ0n) is 12.9. The highest BCUT2D eigenvalue weighted by Gasteiger charge is 2.30. The first-order chi connectivity index (χ1) is 11.1. The summed E-state index contributed by atoms with van der Waals surface area (Å²) in [6, 6.07) is 9.13. The minimum atomic E-state index is -4.34. The first kappa shape index (κ1) is 17.3. The summed E-state index contributed by atoms with van der Waals surface area (Å²) in [7, 11) is 0. The molecule has 2 aromatic carbocycles. The summed E-state index contributed by atoms with van der Waals surface area (Å²) < 4.78 is 43.0. The highest BCUT2D eigenvalue weighted by Crippen LogP contribution is 2.43. The minimum Gasteiger partial charge on any atom is -0.200 e. The minimum absolute atomic E-state index is 0.501. The molecule has 6 heteroatoms. The second-order valence-electron chi connectivity index (χ2n) is 5.81. The van der Waals surface area contributed by atoms with E-state index in [2.05, 4.69) is 18.2 Å². The molecule has 3 aromatic rings. The number of halogens is 3. The molecule has 0 fully saturated rings. The van der Waals surface area contributed by atoms with Crippen molar-refractivity contribution in [2.45, 2.75) is 22.7 Å². The van der Waals surface area contributed by atoms with Gasteiger partial charge in [-0.25, -0.2) is 0 Å². The molecule has 1 aromatic heterocycles. The van der Waals surface area contributed by atoms with Crippen LogP contribution in [-0.2, 0) is 6.18 Å². The van der Waals surface area contributed by atoms with Gasteiger partial charge in [-0.2, -0.15) is 17.5 Å². The van der Waals surface area contributed by atoms with Gasteiger partial charge in [-0.3, -0.25) is 0 Å². The third kappa shape index (κ3) is 3.59. The van der Waals surface area contributed by atoms with Gasteiger partial charge in [-0.15, -0.1) is 11.8 Å². The molecule has 124 valence electrons. The molecule has 0 aliphatic rings. The van der Waals surface area contributed by atoms with Crippen molar-refractivity contribution in [3.8, 4) is 11.1 Å². The van der Waals surface area contributed by atoms with Crippen molar-refractivity contribution >= 4 is 33.4 Å². The van der Waals surface area contributed by atoms with Crippen LogP contribution in [-0.4, -0.2) is 9.12 Å². The molecule has 0 aliphatic carbocycles. The van der Waals surface area contributed by atoms with Crippen LogP contribution in [0, 0.1) is 13.8 Å². The van der Waals surface area contributed by atoms with Gasteiger partial charge in [0.25, 0.3) is 0 Å². The van der Waals surface area contributed by atoms with Gasteiger partial charge in [0.2, 0.25) is 0 Å². The van der Waals surface area contributed by atoms with Crippen molar-refractivity contribution in [3.63, 3.8) is 0 Å². The Kier molecular flexibility index (Phi) is 4.38. The van der Waals surface area contributed by atoms with Crippen LogP contribution in [0.2, 0.25) is 0 Å². The zero-order valence-corrected chi connectivity index (χ0v) is 14.5. The second kappa shape index (κ2) is 6.08. The molecule has 0 saturated carbocycles. The summed E-state index contributed by atoms with van der Waals surface area (Å²) in [5.41, 5.74) is 0.952. The maximum Gasteiger partial charge on any atom is 0.416 e. The van der Waals surface area contributed by atoms with E-state index < -0.39 is 16.5 Å². The van der Waals surface area contributed by atoms with Gasteiger partial charge in [0.1, 0.15) is 0 Å². The molecule has 0 spiro atoms. The fraction of sp³-hybridized carbons (Fsp3) is 0.167. The van der Waals surface area contributed by atoms with Crippen LogP contribution < -0.4 is 0 Å². The summed E-state index contributed by atoms with van der Waals surface area (Å²) in [5, 5.41) is 0.967. The predicted octanol–water partition coefficient (Wildman–Crippen LogP) is 6.50. The van der Waals surface area contributed by atoms with E-state index in [-0.39, 0.29) is 0 Å². The Morgan fingerprint density at radius 2 is 1.71 bits per heavy atom. The quantitative estimate of drug-likeness (QED) is 0.491. The van der Waals surface area contributed by atoms with Gasteiger partial charge in [0.15, 0.2) is 0 Å². The largest absolute Gasteiger partial charge is 0.416 e. The van der Waals surface area contributed by atoms with Crippen LogP contribution in [0.15, 0.2) is 47.5 Å². The smallest absolute Gasteiger partial charge is 0.200 e. The van der Waals surface area contributed by atoms with Crippen molar-refractivity contribution in [1.29, 1.82) is 0 Å². The number of hydrogen-bond acceptors (Lipinski definition) is 3. The summed E-state index contributed by atoms with van der Waals surface area (Å²) in [6.07, 6.45) is -2.58. The molecule has 1 heterocycles. The first-order valence-electron chi connectivity index (χ1n) is 7.10. The molecule has 0 aliphatic heterocycles. The Balaban J connectivity index is 2.16. The highest BCUT2D eigenvalue weighted by molar-refractivity contribution is 8.01. The van der Waals surface area contributed by atoms with Gasteiger partial charge < -0.3 is 0 Å². The van der Waals surface area contributed by atoms with Gasteiger partial charge >= 0.3 is 6.18 Å². The van der Waals surface area contributed by atoms with E-state index in [4.69, 9.17) is 0 Å². The summed E-state index contributed by atoms with van der Waals surface area (Å²) in [4.78, 5) is 0.930. The van der Waals surface area contributed by atoms with E-state index in [0.717, 1.165) is 38.2 Å². The van der Waals surface area contributed by atoms with Crippen LogP contribution in [0.3, 0.4) is 0 Å². The van der Waals surface area contributed by atoms with Crippen molar-refractivity contribution in [2.24, 2.45) is 0 Å². The van der Waals surface area contributed by atoms with E-state index in [9.17, 15) is 13.2 Å². The van der Waals surface area contributed by atoms with Gasteiger partial charge in [0, 0.05) is 26.8 Å². The summed E-state index contributed by atoms with van der Waals surface area (Å²) >= 11 is 2.82. The average molecular weight is 365 g/mol. The lowest BCUT2D eigenvalue weighted by Gasteiger charge is -2.20. The average Bonchev–Trinajstić information content (AvgIpc) is 2.93. The lowest BCUT2D eigenvalue weighted by atomic mass is 10.0. The van der Waals surface area contributed by atoms with Gasteiger partial charge in [0.05, 0.1) is 10.3 Å². The van der Waals surface area contributed by atoms with Crippen LogP contribution in [0.1, 0.15) is 12.5 Å². The molecular weight excluding hydrogens is 351 g/mol. The molecule has 24 heavy (non-hydrogen) atoms. The number of rotatable bonds is 3. The van der Waals surface area contributed by atoms with Gasteiger partial charge in [-0.1, -0.05) is 25.1 Å². The molecule has 2 radical (unpaired) electrons. The van der Waals surface area contributed by atoms with E-state index in [1.54, 1.807) is 6.20 Å². The van der Waals surface area contributed by atoms with Crippen LogP contribution >= 0.6 is 23.3 Å². The topological polar surface area (TPSA) is 12.9 Å². The predicted molar refractivity (Wildman–Crippen MR) is 95.0 cm³/mol. The standard InChI is InChI=1S/C18H14F3NS2/c1-17(2,3)23-14-9-6-12-10-22-24-16(12)15(14)11-4-7-13(8-5-11)18(19,20)21/h4-10H,1-2H2,3H3. The SMILES string of the molecule is [CH2]C([CH2])(C)Sc1ccc2cnsc2c1-c1ccc(C(F)(F)F)cc1. The highest BCUT2D eigenvalue weighted by atomic mass is 32.2. The fourth-order valence-electron chi connectivity index (χ4n) is 2.37. The number of aromatic nitrogens is 1. The van der Waals surface area contributed by atoms with E-state index in [0.29, 0.717) is 0 Å². The Morgan fingerprint density at radius 1 is 1.04 bits per heavy atom. The van der Waals surface area contributed by atoms with E-state index in [1.807, 2.05) is 19.1 Å². The zero-order chi connectivity index (χ0) is 17.5. The van der Waals surface area contributed by atoms with Gasteiger partial charge in [-0.05, 0) is 49.1 Å². The molecule has 0 unspecified atom stereocenters. The third-order valence-electron chi connectivity index (χ3n) is 3.34. The van der Waals surface area contributed by atoms with Crippen molar-refractivity contribution in [3.05, 3.63) is 62.0 Å². The van der Waals surface area contributed by atoms with Crippen molar-refractivity contribution in [2.75, 3.05) is 0 Å². The molecular formula is C18H14F3NS2. The van der Waals surface area contributed by atoms with Crippen molar-refractivity contribution in [1.82, 2.24) is 4.37 Å². The van der Waals surface area contributed by atoms with Crippen molar-refractivity contribution < 1.29 is 13.2 Å². The number of fused-ring (bicyclic) bond motifs is 1.